The number of nitrogens with zero attached hydrogens (tertiary/aromatic N) is 1. The van der Waals surface area contributed by atoms with Crippen molar-refractivity contribution < 1.29 is 29.4 Å². The monoisotopic (exact) mass is 315 g/mol. The van der Waals surface area contributed by atoms with Crippen molar-refractivity contribution in [2.45, 2.75) is 45.4 Å². The van der Waals surface area contributed by atoms with E-state index in [0.717, 1.165) is 0 Å². The highest BCUT2D eigenvalue weighted by molar-refractivity contribution is 5.97. The summed E-state index contributed by atoms with van der Waals surface area (Å²) in [6.07, 6.45) is -1.41. The molecule has 1 heterocycles. The van der Waals surface area contributed by atoms with E-state index in [9.17, 15) is 24.7 Å². The van der Waals surface area contributed by atoms with Crippen LogP contribution in [0.2, 0.25) is 0 Å². The van der Waals surface area contributed by atoms with Crippen LogP contribution in [0.3, 0.4) is 0 Å². The maximum Gasteiger partial charge on any atom is 0.409 e. The van der Waals surface area contributed by atoms with Gasteiger partial charge in [-0.15, -0.1) is 0 Å². The molecule has 0 radical (unpaired) electrons. The molecule has 124 valence electrons. The maximum atomic E-state index is 12.2. The van der Waals surface area contributed by atoms with E-state index in [1.54, 1.807) is 26.3 Å². The molecule has 0 saturated heterocycles. The molecule has 1 atom stereocenters. The highest BCUT2D eigenvalue weighted by atomic mass is 16.6. The van der Waals surface area contributed by atoms with Crippen LogP contribution in [-0.2, 0) is 14.3 Å². The molecule has 9 heteroatoms. The number of rotatable bonds is 3. The van der Waals surface area contributed by atoms with Gasteiger partial charge in [-0.25, -0.2) is 9.59 Å². The Balaban J connectivity index is 3.39. The lowest BCUT2D eigenvalue weighted by Crippen LogP contribution is -2.69. The third-order valence-corrected chi connectivity index (χ3v) is 3.38. The minimum absolute atomic E-state index is 0.00889. The molecule has 1 rings (SSSR count). The second-order valence-corrected chi connectivity index (χ2v) is 5.98. The Labute approximate surface area is 127 Å². The lowest BCUT2D eigenvalue weighted by Gasteiger charge is -2.43. The van der Waals surface area contributed by atoms with Gasteiger partial charge in [0.2, 0.25) is 5.66 Å². The number of carbonyl (C=O) groups is 3. The summed E-state index contributed by atoms with van der Waals surface area (Å²) in [5.41, 5.74) is 4.06. The van der Waals surface area contributed by atoms with Gasteiger partial charge in [0.1, 0.15) is 5.60 Å². The van der Waals surface area contributed by atoms with Gasteiger partial charge in [-0.2, -0.15) is 5.48 Å². The number of nitrogens with one attached hydrogen (secondary N) is 1. The van der Waals surface area contributed by atoms with Crippen molar-refractivity contribution >= 4 is 18.0 Å². The van der Waals surface area contributed by atoms with Crippen LogP contribution < -0.4 is 11.2 Å². The molecule has 0 aromatic heterocycles. The Morgan fingerprint density at radius 2 is 1.91 bits per heavy atom. The number of carbonyl (C=O) groups excluding carboxylic acids is 2. The zero-order valence-corrected chi connectivity index (χ0v) is 13.0. The minimum Gasteiger partial charge on any atom is -0.465 e. The molecule has 0 aromatic carbocycles. The van der Waals surface area contributed by atoms with Gasteiger partial charge in [-0.1, -0.05) is 0 Å². The average Bonchev–Trinajstić information content (AvgIpc) is 2.35. The van der Waals surface area contributed by atoms with Crippen LogP contribution >= 0.6 is 0 Å². The van der Waals surface area contributed by atoms with Gasteiger partial charge in [0.15, 0.2) is 0 Å². The first kappa shape index (κ1) is 17.9. The van der Waals surface area contributed by atoms with Gasteiger partial charge >= 0.3 is 12.1 Å². The van der Waals surface area contributed by atoms with E-state index in [1.807, 2.05) is 0 Å². The van der Waals surface area contributed by atoms with Crippen LogP contribution in [0.1, 0.15) is 34.1 Å². The van der Waals surface area contributed by atoms with Crippen molar-refractivity contribution in [1.29, 1.82) is 0 Å². The van der Waals surface area contributed by atoms with Crippen molar-refractivity contribution in [2.24, 2.45) is 5.73 Å². The smallest absolute Gasteiger partial charge is 0.409 e. The fourth-order valence-corrected chi connectivity index (χ4v) is 2.35. The molecule has 2 amide bonds. The molecular weight excluding hydrogens is 294 g/mol. The fraction of sp³-hybridized carbons (Fsp3) is 0.615. The molecule has 1 aliphatic heterocycles. The molecule has 5 N–H and O–H groups in total. The molecule has 0 fully saturated rings. The molecule has 0 spiro atoms. The first-order chi connectivity index (χ1) is 9.97. The quantitative estimate of drug-likeness (QED) is 0.430. The van der Waals surface area contributed by atoms with Gasteiger partial charge in [0.25, 0.3) is 5.91 Å². The number of ether oxygens (including phenoxy) is 1. The van der Waals surface area contributed by atoms with Gasteiger partial charge in [-0.3, -0.25) is 9.69 Å². The zero-order chi connectivity index (χ0) is 17.3. The van der Waals surface area contributed by atoms with Crippen LogP contribution in [0.4, 0.5) is 4.79 Å². The van der Waals surface area contributed by atoms with Crippen LogP contribution in [-0.4, -0.2) is 51.0 Å². The number of esters is 1. The summed E-state index contributed by atoms with van der Waals surface area (Å²) in [7, 11) is 0. The lowest BCUT2D eigenvalue weighted by atomic mass is 9.88. The first-order valence-corrected chi connectivity index (χ1v) is 6.62. The highest BCUT2D eigenvalue weighted by Gasteiger charge is 2.51. The first-order valence-electron chi connectivity index (χ1n) is 6.62. The molecular formula is C13H21N3O6. The van der Waals surface area contributed by atoms with Gasteiger partial charge < -0.3 is 20.8 Å². The normalized spacial score (nSPS) is 22.5. The Bertz CT molecular complexity index is 536. The topological polar surface area (TPSA) is 142 Å². The number of hydrogen-bond acceptors (Lipinski definition) is 6. The number of amides is 2. The molecule has 0 aliphatic carbocycles. The molecule has 1 aliphatic rings. The molecule has 22 heavy (non-hydrogen) atoms. The Morgan fingerprint density at radius 1 is 1.36 bits per heavy atom. The van der Waals surface area contributed by atoms with Gasteiger partial charge in [0.05, 0.1) is 0 Å². The number of primary amides is 1. The third kappa shape index (κ3) is 3.04. The largest absolute Gasteiger partial charge is 0.465 e. The Hall–Kier alpha value is -2.13. The predicted molar refractivity (Wildman–Crippen MR) is 74.7 cm³/mol. The van der Waals surface area contributed by atoms with Crippen molar-refractivity contribution in [1.82, 2.24) is 10.4 Å². The maximum absolute atomic E-state index is 12.2. The minimum atomic E-state index is -2.20. The van der Waals surface area contributed by atoms with Crippen LogP contribution in [0.25, 0.3) is 0 Å². The van der Waals surface area contributed by atoms with Crippen LogP contribution in [0.5, 0.6) is 0 Å². The van der Waals surface area contributed by atoms with E-state index >= 15 is 0 Å². The number of carboxylic acid groups (broad SMARTS) is 1. The lowest BCUT2D eigenvalue weighted by molar-refractivity contribution is -0.151. The van der Waals surface area contributed by atoms with E-state index in [4.69, 9.17) is 10.5 Å². The predicted octanol–water partition coefficient (Wildman–Crippen LogP) is 0.189. The van der Waals surface area contributed by atoms with E-state index in [0.29, 0.717) is 4.90 Å². The van der Waals surface area contributed by atoms with Crippen molar-refractivity contribution in [3.8, 4) is 0 Å². The molecule has 0 aromatic rings. The summed E-state index contributed by atoms with van der Waals surface area (Å²) in [6.45, 7) is 6.19. The van der Waals surface area contributed by atoms with Crippen LogP contribution in [0.15, 0.2) is 11.1 Å². The van der Waals surface area contributed by atoms with Crippen molar-refractivity contribution in [3.05, 3.63) is 11.1 Å². The second-order valence-electron chi connectivity index (χ2n) is 5.98. The summed E-state index contributed by atoms with van der Waals surface area (Å²) >= 11 is 0. The summed E-state index contributed by atoms with van der Waals surface area (Å²) in [5.74, 6) is -1.83. The summed E-state index contributed by atoms with van der Waals surface area (Å²) in [5, 5.41) is 18.6. The summed E-state index contributed by atoms with van der Waals surface area (Å²) in [6, 6.07) is 0. The Morgan fingerprint density at radius 3 is 2.27 bits per heavy atom. The number of nitrogens with two attached hydrogens (primary N) is 1. The van der Waals surface area contributed by atoms with Crippen molar-refractivity contribution in [2.75, 3.05) is 6.54 Å². The van der Waals surface area contributed by atoms with E-state index in [-0.39, 0.29) is 24.1 Å². The standard InChI is InChI=1S/C13H21N3O6/c1-7-8(9(17)22-12(2,3)4)5-6-16(11(19)20)13(7,15-21)10(14)18/h15,21H,5-6H2,1-4H3,(H2,14,18)(H,19,20). The number of hydroxylamine groups is 1. The molecule has 9 nitrogen and oxygen atoms in total. The average molecular weight is 315 g/mol. The highest BCUT2D eigenvalue weighted by Crippen LogP contribution is 2.32. The zero-order valence-electron chi connectivity index (χ0n) is 13.0. The molecule has 0 saturated carbocycles. The number of hydrogen-bond donors (Lipinski definition) is 4. The van der Waals surface area contributed by atoms with E-state index in [1.165, 1.54) is 6.92 Å². The Kier molecular flexibility index (Phi) is 4.83. The van der Waals surface area contributed by atoms with Crippen molar-refractivity contribution in [3.63, 3.8) is 0 Å². The molecule has 1 unspecified atom stereocenters. The van der Waals surface area contributed by atoms with E-state index in [2.05, 4.69) is 0 Å². The summed E-state index contributed by atoms with van der Waals surface area (Å²) < 4.78 is 5.24. The third-order valence-electron chi connectivity index (χ3n) is 3.38. The molecule has 0 bridgehead atoms. The SMILES string of the molecule is CC1=C(C(=O)OC(C)(C)C)CCN(C(=O)O)C1(NO)C(N)=O. The van der Waals surface area contributed by atoms with Crippen LogP contribution in [0, 0.1) is 0 Å². The fourth-order valence-electron chi connectivity index (χ4n) is 2.35. The second kappa shape index (κ2) is 5.93. The van der Waals surface area contributed by atoms with Gasteiger partial charge in [-0.05, 0) is 39.7 Å². The van der Waals surface area contributed by atoms with Gasteiger partial charge in [0, 0.05) is 12.1 Å². The summed E-state index contributed by atoms with van der Waals surface area (Å²) in [4.78, 5) is 36.0. The van der Waals surface area contributed by atoms with E-state index < -0.39 is 29.2 Å².